The largest absolute Gasteiger partial charge is 0.313 e. The molecule has 0 saturated heterocycles. The molecule has 0 aromatic rings. The molecule has 0 atom stereocenters. The predicted molar refractivity (Wildman–Crippen MR) is 84.7 cm³/mol. The lowest BCUT2D eigenvalue weighted by atomic mass is 9.87. The zero-order valence-electron chi connectivity index (χ0n) is 13.6. The molecule has 1 aliphatic carbocycles. The summed E-state index contributed by atoms with van der Waals surface area (Å²) in [6.45, 7) is 10.6. The molecule has 3 heteroatoms. The summed E-state index contributed by atoms with van der Waals surface area (Å²) in [5, 5.41) is 3.75. The second-order valence-corrected chi connectivity index (χ2v) is 6.50. The minimum atomic E-state index is 0.789. The summed E-state index contributed by atoms with van der Waals surface area (Å²) in [4.78, 5) is 4.84. The van der Waals surface area contributed by atoms with Gasteiger partial charge in [0.2, 0.25) is 0 Å². The van der Waals surface area contributed by atoms with Crippen molar-refractivity contribution < 1.29 is 0 Å². The van der Waals surface area contributed by atoms with Crippen LogP contribution in [0.1, 0.15) is 46.0 Å². The van der Waals surface area contributed by atoms with Gasteiger partial charge < -0.3 is 15.1 Å². The van der Waals surface area contributed by atoms with Crippen LogP contribution in [-0.4, -0.2) is 62.7 Å². The van der Waals surface area contributed by atoms with Crippen molar-refractivity contribution >= 4 is 0 Å². The molecule has 0 spiro atoms. The minimum Gasteiger partial charge on any atom is -0.313 e. The molecule has 0 radical (unpaired) electrons. The third-order valence-electron chi connectivity index (χ3n) is 4.40. The molecule has 0 unspecified atom stereocenters. The fourth-order valence-electron chi connectivity index (χ4n) is 2.93. The van der Waals surface area contributed by atoms with Gasteiger partial charge in [0.1, 0.15) is 0 Å². The molecule has 114 valence electrons. The van der Waals surface area contributed by atoms with Crippen molar-refractivity contribution in [2.24, 2.45) is 5.92 Å². The molecule has 1 rings (SSSR count). The molecule has 0 aromatic heterocycles. The van der Waals surface area contributed by atoms with E-state index in [0.29, 0.717) is 0 Å². The Morgan fingerprint density at radius 3 is 2.26 bits per heavy atom. The highest BCUT2D eigenvalue weighted by Gasteiger charge is 2.17. The Morgan fingerprint density at radius 1 is 1.00 bits per heavy atom. The third kappa shape index (κ3) is 7.91. The molecule has 0 amide bonds. The summed E-state index contributed by atoms with van der Waals surface area (Å²) in [5.74, 6) is 0.955. The van der Waals surface area contributed by atoms with E-state index in [2.05, 4.69) is 43.1 Å². The maximum atomic E-state index is 3.75. The molecule has 0 aliphatic heterocycles. The summed E-state index contributed by atoms with van der Waals surface area (Å²) >= 11 is 0. The Bertz CT molecular complexity index is 210. The molecule has 1 N–H and O–H groups in total. The lowest BCUT2D eigenvalue weighted by Crippen LogP contribution is -2.39. The zero-order valence-corrected chi connectivity index (χ0v) is 13.6. The number of hydrogen-bond acceptors (Lipinski definition) is 3. The van der Waals surface area contributed by atoms with E-state index in [0.717, 1.165) is 18.5 Å². The summed E-state index contributed by atoms with van der Waals surface area (Å²) in [6.07, 6.45) is 6.87. The Hall–Kier alpha value is -0.120. The van der Waals surface area contributed by atoms with Crippen LogP contribution in [0.2, 0.25) is 0 Å². The smallest absolute Gasteiger partial charge is 0.0107 e. The van der Waals surface area contributed by atoms with Crippen LogP contribution in [0.4, 0.5) is 0 Å². The van der Waals surface area contributed by atoms with E-state index in [4.69, 9.17) is 0 Å². The van der Waals surface area contributed by atoms with Crippen molar-refractivity contribution in [1.29, 1.82) is 0 Å². The van der Waals surface area contributed by atoms with Crippen LogP contribution in [0.15, 0.2) is 0 Å². The van der Waals surface area contributed by atoms with Crippen LogP contribution in [0.5, 0.6) is 0 Å². The molecule has 0 heterocycles. The van der Waals surface area contributed by atoms with Crippen molar-refractivity contribution in [2.45, 2.75) is 52.0 Å². The Labute approximate surface area is 120 Å². The van der Waals surface area contributed by atoms with Crippen LogP contribution in [0.25, 0.3) is 0 Å². The third-order valence-corrected chi connectivity index (χ3v) is 4.40. The van der Waals surface area contributed by atoms with Gasteiger partial charge in [-0.1, -0.05) is 13.8 Å². The number of hydrogen-bond donors (Lipinski definition) is 1. The van der Waals surface area contributed by atoms with Crippen LogP contribution in [0.3, 0.4) is 0 Å². The molecular weight excluding hydrogens is 234 g/mol. The second-order valence-electron chi connectivity index (χ2n) is 6.50. The molecule has 0 bridgehead atoms. The Balaban J connectivity index is 2.05. The van der Waals surface area contributed by atoms with Gasteiger partial charge in [-0.15, -0.1) is 0 Å². The summed E-state index contributed by atoms with van der Waals surface area (Å²) in [6, 6.07) is 0.789. The summed E-state index contributed by atoms with van der Waals surface area (Å²) in [5.41, 5.74) is 0. The first-order chi connectivity index (χ1) is 9.11. The summed E-state index contributed by atoms with van der Waals surface area (Å²) < 4.78 is 0. The predicted octanol–water partition coefficient (Wildman–Crippen LogP) is 2.43. The first kappa shape index (κ1) is 16.9. The standard InChI is InChI=1S/C16H35N3/c1-5-19(13-6-12-18(3)4)14-11-17-16-9-7-15(2)8-10-16/h15-17H,5-14H2,1-4H3. The van der Waals surface area contributed by atoms with Gasteiger partial charge in [-0.2, -0.15) is 0 Å². The van der Waals surface area contributed by atoms with Crippen molar-refractivity contribution in [2.75, 3.05) is 46.8 Å². The highest BCUT2D eigenvalue weighted by Crippen LogP contribution is 2.23. The van der Waals surface area contributed by atoms with E-state index >= 15 is 0 Å². The van der Waals surface area contributed by atoms with Crippen molar-refractivity contribution in [3.05, 3.63) is 0 Å². The fourth-order valence-corrected chi connectivity index (χ4v) is 2.93. The van der Waals surface area contributed by atoms with E-state index < -0.39 is 0 Å². The normalized spacial score (nSPS) is 24.3. The van der Waals surface area contributed by atoms with Crippen molar-refractivity contribution in [1.82, 2.24) is 15.1 Å². The molecule has 3 nitrogen and oxygen atoms in total. The Kier molecular flexibility index (Phi) is 8.67. The maximum Gasteiger partial charge on any atom is 0.0107 e. The van der Waals surface area contributed by atoms with Gasteiger partial charge in [-0.3, -0.25) is 0 Å². The topological polar surface area (TPSA) is 18.5 Å². The SMILES string of the molecule is CCN(CCCN(C)C)CCNC1CCC(C)CC1. The fraction of sp³-hybridized carbons (Fsp3) is 1.00. The second kappa shape index (κ2) is 9.73. The minimum absolute atomic E-state index is 0.789. The van der Waals surface area contributed by atoms with Crippen LogP contribution >= 0.6 is 0 Å². The molecule has 19 heavy (non-hydrogen) atoms. The quantitative estimate of drug-likeness (QED) is 0.693. The lowest BCUT2D eigenvalue weighted by molar-refractivity contribution is 0.249. The van der Waals surface area contributed by atoms with Gasteiger partial charge in [0.25, 0.3) is 0 Å². The van der Waals surface area contributed by atoms with Crippen LogP contribution < -0.4 is 5.32 Å². The molecule has 1 fully saturated rings. The molecular formula is C16H35N3. The lowest BCUT2D eigenvalue weighted by Gasteiger charge is -2.28. The average Bonchev–Trinajstić information content (AvgIpc) is 2.39. The van der Waals surface area contributed by atoms with Gasteiger partial charge >= 0.3 is 0 Å². The molecule has 0 aromatic carbocycles. The number of likely N-dealkylation sites (N-methyl/N-ethyl adjacent to an activating group) is 1. The van der Waals surface area contributed by atoms with Crippen molar-refractivity contribution in [3.63, 3.8) is 0 Å². The molecule has 1 saturated carbocycles. The highest BCUT2D eigenvalue weighted by atomic mass is 15.1. The Morgan fingerprint density at radius 2 is 1.68 bits per heavy atom. The number of nitrogens with one attached hydrogen (secondary N) is 1. The van der Waals surface area contributed by atoms with E-state index in [1.54, 1.807) is 0 Å². The number of rotatable bonds is 9. The van der Waals surface area contributed by atoms with Crippen molar-refractivity contribution in [3.8, 4) is 0 Å². The highest BCUT2D eigenvalue weighted by molar-refractivity contribution is 4.75. The maximum absolute atomic E-state index is 3.75. The van der Waals surface area contributed by atoms with Gasteiger partial charge in [0.05, 0.1) is 0 Å². The van der Waals surface area contributed by atoms with Crippen LogP contribution in [-0.2, 0) is 0 Å². The van der Waals surface area contributed by atoms with Gasteiger partial charge in [-0.25, -0.2) is 0 Å². The first-order valence-corrected chi connectivity index (χ1v) is 8.22. The van der Waals surface area contributed by atoms with E-state index in [1.807, 2.05) is 0 Å². The molecule has 1 aliphatic rings. The summed E-state index contributed by atoms with van der Waals surface area (Å²) in [7, 11) is 4.31. The van der Waals surface area contributed by atoms with E-state index in [-0.39, 0.29) is 0 Å². The van der Waals surface area contributed by atoms with E-state index in [9.17, 15) is 0 Å². The van der Waals surface area contributed by atoms with Gasteiger partial charge in [0.15, 0.2) is 0 Å². The van der Waals surface area contributed by atoms with Gasteiger partial charge in [0, 0.05) is 19.1 Å². The monoisotopic (exact) mass is 269 g/mol. The number of nitrogens with zero attached hydrogens (tertiary/aromatic N) is 2. The van der Waals surface area contributed by atoms with Gasteiger partial charge in [-0.05, 0) is 71.8 Å². The van der Waals surface area contributed by atoms with Crippen LogP contribution in [0, 0.1) is 5.92 Å². The average molecular weight is 269 g/mol. The van der Waals surface area contributed by atoms with E-state index in [1.165, 1.54) is 58.3 Å². The zero-order chi connectivity index (χ0) is 14.1. The first-order valence-electron chi connectivity index (χ1n) is 8.22.